The fourth-order valence-electron chi connectivity index (χ4n) is 3.68. The lowest BCUT2D eigenvalue weighted by molar-refractivity contribution is 0.354. The van der Waals surface area contributed by atoms with E-state index < -0.39 is 0 Å². The molecule has 0 amide bonds. The molecule has 1 unspecified atom stereocenters. The largest absolute Gasteiger partial charge is 0.493 e. The Balaban J connectivity index is 1.77. The van der Waals surface area contributed by atoms with Crippen LogP contribution in [-0.2, 0) is 19.4 Å². The molecule has 1 atom stereocenters. The number of halogens is 1. The highest BCUT2D eigenvalue weighted by Crippen LogP contribution is 2.36. The van der Waals surface area contributed by atoms with Gasteiger partial charge in [0.15, 0.2) is 11.5 Å². The maximum absolute atomic E-state index is 13.2. The summed E-state index contributed by atoms with van der Waals surface area (Å²) in [7, 11) is 3.21. The second-order valence-electron chi connectivity index (χ2n) is 7.01. The molecule has 0 saturated heterocycles. The van der Waals surface area contributed by atoms with Crippen LogP contribution in [0.1, 0.15) is 29.3 Å². The molecule has 2 heterocycles. The summed E-state index contributed by atoms with van der Waals surface area (Å²) in [5.74, 6) is 1.96. The molecule has 0 aliphatic heterocycles. The van der Waals surface area contributed by atoms with Crippen LogP contribution in [0.4, 0.5) is 0 Å². The average Bonchev–Trinajstić information content (AvgIpc) is 3.03. The van der Waals surface area contributed by atoms with Crippen LogP contribution in [-0.4, -0.2) is 23.8 Å². The molecule has 7 heteroatoms. The zero-order valence-electron chi connectivity index (χ0n) is 15.5. The number of aromatic nitrogens is 2. The van der Waals surface area contributed by atoms with Crippen LogP contribution < -0.4 is 15.0 Å². The van der Waals surface area contributed by atoms with Gasteiger partial charge in [-0.05, 0) is 48.4 Å². The predicted molar refractivity (Wildman–Crippen MR) is 111 cm³/mol. The Bertz CT molecular complexity index is 1070. The number of methoxy groups -OCH3 is 2. The average molecular weight is 449 g/mol. The highest BCUT2D eigenvalue weighted by atomic mass is 79.9. The molecule has 4 rings (SSSR count). The number of thiophene rings is 1. The van der Waals surface area contributed by atoms with E-state index in [4.69, 9.17) is 9.47 Å². The Kier molecular flexibility index (Phi) is 4.99. The van der Waals surface area contributed by atoms with Crippen molar-refractivity contribution in [1.82, 2.24) is 9.55 Å². The Morgan fingerprint density at radius 3 is 2.78 bits per heavy atom. The topological polar surface area (TPSA) is 53.4 Å². The summed E-state index contributed by atoms with van der Waals surface area (Å²) >= 11 is 5.25. The van der Waals surface area contributed by atoms with Gasteiger partial charge in [0.05, 0.1) is 32.5 Å². The standard InChI is InChI=1S/C20H21BrN2O3S/c1-11-4-5-13-17(6-11)27-19-18(13)20(24)23(10-22-19)9-12-7-15(25-2)16(26-3)8-14(12)21/h7-8,10-11H,4-6,9H2,1-3H3. The second kappa shape index (κ2) is 7.28. The van der Waals surface area contributed by atoms with E-state index in [0.717, 1.165) is 39.5 Å². The van der Waals surface area contributed by atoms with E-state index in [-0.39, 0.29) is 5.56 Å². The van der Waals surface area contributed by atoms with Gasteiger partial charge < -0.3 is 9.47 Å². The highest BCUT2D eigenvalue weighted by Gasteiger charge is 2.23. The summed E-state index contributed by atoms with van der Waals surface area (Å²) in [6.07, 6.45) is 4.81. The van der Waals surface area contributed by atoms with Crippen molar-refractivity contribution in [1.29, 1.82) is 0 Å². The molecule has 0 N–H and O–H groups in total. The molecule has 0 saturated carbocycles. The Morgan fingerprint density at radius 1 is 1.30 bits per heavy atom. The van der Waals surface area contributed by atoms with Gasteiger partial charge in [-0.1, -0.05) is 22.9 Å². The molecule has 1 aliphatic rings. The first-order valence-electron chi connectivity index (χ1n) is 8.92. The molecule has 2 aromatic heterocycles. The molecule has 1 aromatic carbocycles. The van der Waals surface area contributed by atoms with Crippen molar-refractivity contribution in [3.05, 3.63) is 49.3 Å². The number of hydrogen-bond donors (Lipinski definition) is 0. The lowest BCUT2D eigenvalue weighted by Gasteiger charge is -2.17. The maximum Gasteiger partial charge on any atom is 0.262 e. The lowest BCUT2D eigenvalue weighted by Crippen LogP contribution is -2.22. The molecule has 27 heavy (non-hydrogen) atoms. The lowest BCUT2D eigenvalue weighted by atomic mass is 9.89. The molecular formula is C20H21BrN2O3S. The van der Waals surface area contributed by atoms with Crippen LogP contribution in [0.25, 0.3) is 10.2 Å². The van der Waals surface area contributed by atoms with E-state index in [0.29, 0.717) is 24.0 Å². The van der Waals surface area contributed by atoms with Crippen molar-refractivity contribution in [3.8, 4) is 11.5 Å². The molecule has 0 fully saturated rings. The monoisotopic (exact) mass is 448 g/mol. The zero-order valence-corrected chi connectivity index (χ0v) is 17.9. The molecule has 1 aliphatic carbocycles. The minimum Gasteiger partial charge on any atom is -0.493 e. The van der Waals surface area contributed by atoms with Crippen LogP contribution in [0.3, 0.4) is 0 Å². The zero-order chi connectivity index (χ0) is 19.1. The summed E-state index contributed by atoms with van der Waals surface area (Å²) in [6.45, 7) is 2.69. The van der Waals surface area contributed by atoms with E-state index in [9.17, 15) is 4.79 Å². The smallest absolute Gasteiger partial charge is 0.262 e. The molecule has 0 bridgehead atoms. The first kappa shape index (κ1) is 18.5. The van der Waals surface area contributed by atoms with Gasteiger partial charge >= 0.3 is 0 Å². The summed E-state index contributed by atoms with van der Waals surface area (Å²) < 4.78 is 13.3. The molecular weight excluding hydrogens is 428 g/mol. The quantitative estimate of drug-likeness (QED) is 0.592. The minimum absolute atomic E-state index is 0.0359. The summed E-state index contributed by atoms with van der Waals surface area (Å²) in [4.78, 5) is 20.0. The number of hydrogen-bond acceptors (Lipinski definition) is 5. The van der Waals surface area contributed by atoms with Gasteiger partial charge in [0, 0.05) is 9.35 Å². The van der Waals surface area contributed by atoms with Gasteiger partial charge in [-0.25, -0.2) is 4.98 Å². The van der Waals surface area contributed by atoms with Gasteiger partial charge in [-0.15, -0.1) is 11.3 Å². The fourth-order valence-corrected chi connectivity index (χ4v) is 5.47. The van der Waals surface area contributed by atoms with E-state index in [1.165, 1.54) is 10.4 Å². The molecule has 0 spiro atoms. The first-order chi connectivity index (χ1) is 13.0. The van der Waals surface area contributed by atoms with Crippen molar-refractivity contribution in [2.45, 2.75) is 32.7 Å². The predicted octanol–water partition coefficient (Wildman–Crippen LogP) is 4.41. The highest BCUT2D eigenvalue weighted by molar-refractivity contribution is 9.10. The van der Waals surface area contributed by atoms with E-state index in [1.54, 1.807) is 36.5 Å². The van der Waals surface area contributed by atoms with Crippen molar-refractivity contribution in [2.24, 2.45) is 5.92 Å². The number of fused-ring (bicyclic) bond motifs is 3. The number of rotatable bonds is 4. The third-order valence-corrected chi connectivity index (χ3v) is 7.08. The Labute approximate surface area is 170 Å². The first-order valence-corrected chi connectivity index (χ1v) is 10.5. The van der Waals surface area contributed by atoms with Crippen LogP contribution in [0.5, 0.6) is 11.5 Å². The van der Waals surface area contributed by atoms with Crippen molar-refractivity contribution >= 4 is 37.5 Å². The van der Waals surface area contributed by atoms with Crippen molar-refractivity contribution in [3.63, 3.8) is 0 Å². The number of benzene rings is 1. The van der Waals surface area contributed by atoms with Crippen LogP contribution >= 0.6 is 27.3 Å². The number of aryl methyl sites for hydroxylation is 1. The second-order valence-corrected chi connectivity index (χ2v) is 8.95. The van der Waals surface area contributed by atoms with Crippen LogP contribution in [0.2, 0.25) is 0 Å². The van der Waals surface area contributed by atoms with Gasteiger partial charge in [0.25, 0.3) is 5.56 Å². The van der Waals surface area contributed by atoms with Gasteiger partial charge in [0.2, 0.25) is 0 Å². The molecule has 0 radical (unpaired) electrons. The molecule has 5 nitrogen and oxygen atoms in total. The van der Waals surface area contributed by atoms with E-state index in [1.807, 2.05) is 12.1 Å². The normalized spacial score (nSPS) is 16.4. The fraction of sp³-hybridized carbons (Fsp3) is 0.400. The third kappa shape index (κ3) is 3.27. The van der Waals surface area contributed by atoms with Gasteiger partial charge in [0.1, 0.15) is 4.83 Å². The summed E-state index contributed by atoms with van der Waals surface area (Å²) in [5.41, 5.74) is 2.19. The van der Waals surface area contributed by atoms with Crippen molar-refractivity contribution < 1.29 is 9.47 Å². The van der Waals surface area contributed by atoms with Crippen LogP contribution in [0.15, 0.2) is 27.7 Å². The Hall–Kier alpha value is -1.86. The number of nitrogens with zero attached hydrogens (tertiary/aromatic N) is 2. The van der Waals surface area contributed by atoms with Gasteiger partial charge in [-0.2, -0.15) is 0 Å². The van der Waals surface area contributed by atoms with E-state index >= 15 is 0 Å². The summed E-state index contributed by atoms with van der Waals surface area (Å²) in [5, 5.41) is 0.806. The maximum atomic E-state index is 13.2. The van der Waals surface area contributed by atoms with Crippen LogP contribution in [0, 0.1) is 5.92 Å². The van der Waals surface area contributed by atoms with Crippen molar-refractivity contribution in [2.75, 3.05) is 14.2 Å². The molecule has 142 valence electrons. The molecule has 3 aromatic rings. The number of ether oxygens (including phenoxy) is 2. The Morgan fingerprint density at radius 2 is 2.04 bits per heavy atom. The third-order valence-electron chi connectivity index (χ3n) is 5.18. The SMILES string of the molecule is COc1cc(Br)c(Cn2cnc3sc4c(c3c2=O)CCC(C)C4)cc1OC. The summed E-state index contributed by atoms with van der Waals surface area (Å²) in [6, 6.07) is 3.75. The van der Waals surface area contributed by atoms with E-state index in [2.05, 4.69) is 27.8 Å². The minimum atomic E-state index is 0.0359. The van der Waals surface area contributed by atoms with Gasteiger partial charge in [-0.3, -0.25) is 9.36 Å².